The number of rotatable bonds is 6. The first-order valence-electron chi connectivity index (χ1n) is 7.19. The Bertz CT molecular complexity index is 572. The van der Waals surface area contributed by atoms with E-state index in [1.807, 2.05) is 0 Å². The normalized spacial score (nSPS) is 17.9. The second-order valence-electron chi connectivity index (χ2n) is 6.58. The van der Waals surface area contributed by atoms with Gasteiger partial charge in [-0.15, -0.1) is 4.72 Å². The van der Waals surface area contributed by atoms with Gasteiger partial charge in [-0.1, -0.05) is 15.9 Å². The molecule has 10 heteroatoms. The van der Waals surface area contributed by atoms with Crippen LogP contribution >= 0.6 is 15.9 Å². The Morgan fingerprint density at radius 2 is 1.84 bits per heavy atom. The predicted molar refractivity (Wildman–Crippen MR) is 89.5 cm³/mol. The van der Waals surface area contributed by atoms with Crippen molar-refractivity contribution >= 4 is 27.3 Å². The van der Waals surface area contributed by atoms with Crippen LogP contribution in [0.1, 0.15) is 32.8 Å². The minimum absolute atomic E-state index is 0.298. The number of alkyl halides is 4. The van der Waals surface area contributed by atoms with E-state index in [0.717, 1.165) is 12.1 Å². The van der Waals surface area contributed by atoms with Crippen LogP contribution < -0.4 is 4.72 Å². The molecule has 0 aliphatic heterocycles. The summed E-state index contributed by atoms with van der Waals surface area (Å²) in [5, 5.41) is 9.42. The maximum Gasteiger partial charge on any atom is 0.414 e. The lowest BCUT2D eigenvalue weighted by atomic mass is 9.86. The van der Waals surface area contributed by atoms with Crippen molar-refractivity contribution in [1.82, 2.24) is 4.72 Å². The van der Waals surface area contributed by atoms with Crippen LogP contribution in [-0.2, 0) is 16.9 Å². The van der Waals surface area contributed by atoms with Crippen molar-refractivity contribution in [3.8, 4) is 0 Å². The van der Waals surface area contributed by atoms with Gasteiger partial charge < -0.3 is 9.66 Å². The molecule has 1 aromatic rings. The summed E-state index contributed by atoms with van der Waals surface area (Å²) in [4.78, 5) is 0. The van der Waals surface area contributed by atoms with E-state index in [-0.39, 0.29) is 0 Å². The second kappa shape index (κ2) is 8.08. The zero-order valence-corrected chi connectivity index (χ0v) is 16.2. The van der Waals surface area contributed by atoms with E-state index >= 15 is 0 Å². The zero-order valence-electron chi connectivity index (χ0n) is 13.8. The summed E-state index contributed by atoms with van der Waals surface area (Å²) in [6.07, 6.45) is -9.19. The maximum absolute atomic E-state index is 14.3. The summed E-state index contributed by atoms with van der Waals surface area (Å²) >= 11 is 1.04. The fourth-order valence-electron chi connectivity index (χ4n) is 2.00. The maximum atomic E-state index is 14.3. The van der Waals surface area contributed by atoms with E-state index in [4.69, 9.17) is 0 Å². The Hall–Kier alpha value is -0.420. The quantitative estimate of drug-likeness (QED) is 0.505. The fourth-order valence-corrected chi connectivity index (χ4v) is 3.27. The first-order chi connectivity index (χ1) is 11.2. The summed E-state index contributed by atoms with van der Waals surface area (Å²) < 4.78 is 80.6. The largest absolute Gasteiger partial charge is 0.598 e. The molecule has 0 bridgehead atoms. The molecule has 0 saturated carbocycles. The third-order valence-corrected chi connectivity index (χ3v) is 5.62. The molecule has 3 nitrogen and oxygen atoms in total. The molecule has 144 valence electrons. The highest BCUT2D eigenvalue weighted by atomic mass is 79.9. The molecule has 0 radical (unpaired) electrons. The Kier molecular flexibility index (Phi) is 7.31. The molecule has 25 heavy (non-hydrogen) atoms. The molecule has 0 fully saturated rings. The van der Waals surface area contributed by atoms with Crippen molar-refractivity contribution in [2.45, 2.75) is 49.8 Å². The lowest BCUT2D eigenvalue weighted by Crippen LogP contribution is -2.55. The van der Waals surface area contributed by atoms with E-state index in [1.165, 1.54) is 26.8 Å². The highest BCUT2D eigenvalue weighted by Crippen LogP contribution is 2.37. The van der Waals surface area contributed by atoms with Gasteiger partial charge in [-0.05, 0) is 39.0 Å². The predicted octanol–water partition coefficient (Wildman–Crippen LogP) is 4.12. The minimum atomic E-state index is -5.03. The standard InChI is InChI=1S/C15H19BrF5NO2S/c1-13(2,3)25(24)22-14(8-17,7-12(23)15(19,20)21)10-6-9(16)4-5-11(10)18/h4-6,12,22-23H,7-8H2,1-3H3/t12-,14?,25+/m0/s1. The minimum Gasteiger partial charge on any atom is -0.598 e. The molecule has 0 aliphatic carbocycles. The molecule has 2 N–H and O–H groups in total. The average molecular weight is 452 g/mol. The zero-order chi connectivity index (χ0) is 19.6. The van der Waals surface area contributed by atoms with Crippen molar-refractivity contribution in [2.75, 3.05) is 6.67 Å². The average Bonchev–Trinajstić information content (AvgIpc) is 2.46. The van der Waals surface area contributed by atoms with Crippen molar-refractivity contribution in [3.63, 3.8) is 0 Å². The molecule has 0 saturated heterocycles. The van der Waals surface area contributed by atoms with Gasteiger partial charge in [0.25, 0.3) is 0 Å². The van der Waals surface area contributed by atoms with Gasteiger partial charge in [-0.2, -0.15) is 13.2 Å². The van der Waals surface area contributed by atoms with Crippen LogP contribution in [0.3, 0.4) is 0 Å². The molecular weight excluding hydrogens is 433 g/mol. The van der Waals surface area contributed by atoms with Crippen LogP contribution in [0.5, 0.6) is 0 Å². The summed E-state index contributed by atoms with van der Waals surface area (Å²) in [5.74, 6) is -0.978. The van der Waals surface area contributed by atoms with Gasteiger partial charge in [0.1, 0.15) is 22.8 Å². The summed E-state index contributed by atoms with van der Waals surface area (Å²) in [7, 11) is 0. The Balaban J connectivity index is 3.44. The second-order valence-corrected chi connectivity index (χ2v) is 9.47. The van der Waals surface area contributed by atoms with Crippen molar-refractivity contribution in [1.29, 1.82) is 0 Å². The van der Waals surface area contributed by atoms with Gasteiger partial charge in [-0.3, -0.25) is 0 Å². The van der Waals surface area contributed by atoms with Crippen molar-refractivity contribution < 1.29 is 31.6 Å². The van der Waals surface area contributed by atoms with E-state index in [9.17, 15) is 31.6 Å². The summed E-state index contributed by atoms with van der Waals surface area (Å²) in [5.41, 5.74) is -2.77. The van der Waals surface area contributed by atoms with Crippen molar-refractivity contribution in [3.05, 3.63) is 34.1 Å². The molecule has 1 unspecified atom stereocenters. The Morgan fingerprint density at radius 3 is 2.28 bits per heavy atom. The number of hydrogen-bond acceptors (Lipinski definition) is 3. The molecule has 1 rings (SSSR count). The highest BCUT2D eigenvalue weighted by molar-refractivity contribution is 9.10. The monoisotopic (exact) mass is 451 g/mol. The number of nitrogens with one attached hydrogen (secondary N) is 1. The van der Waals surface area contributed by atoms with E-state index in [2.05, 4.69) is 20.7 Å². The van der Waals surface area contributed by atoms with Gasteiger partial charge in [0.05, 0.1) is 0 Å². The van der Waals surface area contributed by atoms with E-state index < -0.39 is 58.4 Å². The first-order valence-corrected chi connectivity index (χ1v) is 9.13. The number of aliphatic hydroxyl groups excluding tert-OH is 1. The van der Waals surface area contributed by atoms with Crippen LogP contribution in [-0.4, -0.2) is 33.4 Å². The van der Waals surface area contributed by atoms with Crippen LogP contribution in [0.25, 0.3) is 0 Å². The van der Waals surface area contributed by atoms with Gasteiger partial charge >= 0.3 is 6.18 Å². The number of aliphatic hydroxyl groups is 1. The van der Waals surface area contributed by atoms with Gasteiger partial charge in [0.2, 0.25) is 0 Å². The SMILES string of the molecule is CC(C)(C)[S@@+]([O-])NC(CF)(C[C@H](O)C(F)(F)F)c1cc(Br)ccc1F. The van der Waals surface area contributed by atoms with Crippen molar-refractivity contribution in [2.24, 2.45) is 0 Å². The molecule has 0 heterocycles. The molecule has 3 atom stereocenters. The molecular formula is C15H19BrF5NO2S. The Morgan fingerprint density at radius 1 is 1.28 bits per heavy atom. The lowest BCUT2D eigenvalue weighted by Gasteiger charge is -2.37. The highest BCUT2D eigenvalue weighted by Gasteiger charge is 2.49. The molecule has 0 aliphatic rings. The van der Waals surface area contributed by atoms with Gasteiger partial charge in [0.15, 0.2) is 6.10 Å². The number of benzene rings is 1. The topological polar surface area (TPSA) is 55.3 Å². The summed E-state index contributed by atoms with van der Waals surface area (Å²) in [6.45, 7) is 3.07. The lowest BCUT2D eigenvalue weighted by molar-refractivity contribution is -0.210. The van der Waals surface area contributed by atoms with E-state index in [0.29, 0.717) is 4.47 Å². The summed E-state index contributed by atoms with van der Waals surface area (Å²) in [6, 6.07) is 3.35. The van der Waals surface area contributed by atoms with Gasteiger partial charge in [-0.25, -0.2) is 8.78 Å². The van der Waals surface area contributed by atoms with Crippen LogP contribution in [0, 0.1) is 5.82 Å². The number of halogens is 6. The molecule has 0 aromatic heterocycles. The van der Waals surface area contributed by atoms with E-state index in [1.54, 1.807) is 0 Å². The third-order valence-electron chi connectivity index (χ3n) is 3.44. The Labute approximate surface area is 154 Å². The smallest absolute Gasteiger partial charge is 0.414 e. The third kappa shape index (κ3) is 5.78. The number of hydrogen-bond donors (Lipinski definition) is 2. The fraction of sp³-hybridized carbons (Fsp3) is 0.600. The first kappa shape index (κ1) is 22.6. The molecule has 0 spiro atoms. The van der Waals surface area contributed by atoms with Gasteiger partial charge in [0, 0.05) is 27.8 Å². The molecule has 1 aromatic carbocycles. The van der Waals surface area contributed by atoms with Crippen LogP contribution in [0.4, 0.5) is 22.0 Å². The molecule has 0 amide bonds. The van der Waals surface area contributed by atoms with Crippen LogP contribution in [0.2, 0.25) is 0 Å². The van der Waals surface area contributed by atoms with Crippen LogP contribution in [0.15, 0.2) is 22.7 Å².